The van der Waals surface area contributed by atoms with Crippen LogP contribution in [0, 0.1) is 0 Å². The topological polar surface area (TPSA) is 32.8 Å². The lowest BCUT2D eigenvalue weighted by Crippen LogP contribution is -2.48. The summed E-state index contributed by atoms with van der Waals surface area (Å²) in [5, 5.41) is 0. The van der Waals surface area contributed by atoms with E-state index in [1.807, 2.05) is 0 Å². The Kier molecular flexibility index (Phi) is 5.45. The molecule has 104 valence electrons. The number of carbonyl (C=O) groups is 1. The first-order valence-electron chi connectivity index (χ1n) is 7.35. The summed E-state index contributed by atoms with van der Waals surface area (Å²) in [6.45, 7) is 5.63. The van der Waals surface area contributed by atoms with Crippen molar-refractivity contribution in [1.29, 1.82) is 0 Å². The Bertz CT molecular complexity index is 265. The van der Waals surface area contributed by atoms with Gasteiger partial charge in [-0.25, -0.2) is 0 Å². The number of nitrogens with zero attached hydrogens (tertiary/aromatic N) is 2. The fourth-order valence-electron chi connectivity index (χ4n) is 3.11. The van der Waals surface area contributed by atoms with Crippen molar-refractivity contribution < 1.29 is 9.53 Å². The number of rotatable bonds is 4. The van der Waals surface area contributed by atoms with E-state index < -0.39 is 0 Å². The predicted octanol–water partition coefficient (Wildman–Crippen LogP) is 1.50. The molecule has 0 unspecified atom stereocenters. The van der Waals surface area contributed by atoms with E-state index in [-0.39, 0.29) is 12.0 Å². The quantitative estimate of drug-likeness (QED) is 0.712. The van der Waals surface area contributed by atoms with Gasteiger partial charge in [0.25, 0.3) is 0 Å². The molecule has 0 bridgehead atoms. The second kappa shape index (κ2) is 7.10. The van der Waals surface area contributed by atoms with Crippen molar-refractivity contribution in [3.05, 3.63) is 0 Å². The minimum Gasteiger partial charge on any atom is -0.468 e. The van der Waals surface area contributed by atoms with Crippen LogP contribution in [0.1, 0.15) is 38.5 Å². The minimum absolute atomic E-state index is 0.00791. The number of methoxy groups -OCH3 is 1. The van der Waals surface area contributed by atoms with Crippen molar-refractivity contribution in [3.8, 4) is 0 Å². The van der Waals surface area contributed by atoms with E-state index in [0.29, 0.717) is 0 Å². The summed E-state index contributed by atoms with van der Waals surface area (Å²) in [7, 11) is 1.50. The normalized spacial score (nSPS) is 27.1. The lowest BCUT2D eigenvalue weighted by atomic mass is 10.0. The lowest BCUT2D eigenvalue weighted by molar-refractivity contribution is -0.148. The number of hydrogen-bond donors (Lipinski definition) is 0. The molecule has 2 aliphatic heterocycles. The smallest absolute Gasteiger partial charge is 0.323 e. The van der Waals surface area contributed by atoms with Crippen LogP contribution in [0.25, 0.3) is 0 Å². The Balaban J connectivity index is 1.79. The Hall–Kier alpha value is -0.610. The van der Waals surface area contributed by atoms with Crippen LogP contribution in [0.2, 0.25) is 0 Å². The fraction of sp³-hybridized carbons (Fsp3) is 0.929. The van der Waals surface area contributed by atoms with E-state index >= 15 is 0 Å². The molecule has 18 heavy (non-hydrogen) atoms. The molecular weight excluding hydrogens is 228 g/mol. The molecule has 1 atom stereocenters. The number of piperidine rings is 2. The van der Waals surface area contributed by atoms with Crippen molar-refractivity contribution in [2.24, 2.45) is 0 Å². The maximum atomic E-state index is 11.8. The van der Waals surface area contributed by atoms with E-state index in [2.05, 4.69) is 9.80 Å². The molecule has 2 heterocycles. The summed E-state index contributed by atoms with van der Waals surface area (Å²) in [6, 6.07) is 0.00791. The number of hydrogen-bond acceptors (Lipinski definition) is 4. The van der Waals surface area contributed by atoms with Gasteiger partial charge in [0, 0.05) is 13.1 Å². The minimum atomic E-state index is -0.0478. The van der Waals surface area contributed by atoms with E-state index in [1.165, 1.54) is 45.9 Å². The lowest BCUT2D eigenvalue weighted by Gasteiger charge is -2.36. The average molecular weight is 254 g/mol. The summed E-state index contributed by atoms with van der Waals surface area (Å²) in [5.41, 5.74) is 0. The summed E-state index contributed by atoms with van der Waals surface area (Å²) < 4.78 is 4.92. The predicted molar refractivity (Wildman–Crippen MR) is 71.5 cm³/mol. The van der Waals surface area contributed by atoms with Crippen molar-refractivity contribution in [2.45, 2.75) is 44.6 Å². The van der Waals surface area contributed by atoms with Gasteiger partial charge in [-0.05, 0) is 45.3 Å². The van der Waals surface area contributed by atoms with Gasteiger partial charge in [0.1, 0.15) is 6.04 Å². The zero-order valence-corrected chi connectivity index (χ0v) is 11.6. The fourth-order valence-corrected chi connectivity index (χ4v) is 3.11. The molecule has 0 radical (unpaired) electrons. The second-order valence-corrected chi connectivity index (χ2v) is 5.47. The van der Waals surface area contributed by atoms with Crippen LogP contribution >= 0.6 is 0 Å². The zero-order chi connectivity index (χ0) is 12.8. The van der Waals surface area contributed by atoms with Crippen molar-refractivity contribution in [2.75, 3.05) is 39.8 Å². The van der Waals surface area contributed by atoms with Gasteiger partial charge in [0.2, 0.25) is 0 Å². The highest BCUT2D eigenvalue weighted by Gasteiger charge is 2.29. The molecule has 0 aromatic heterocycles. The van der Waals surface area contributed by atoms with Crippen molar-refractivity contribution in [1.82, 2.24) is 9.80 Å². The monoisotopic (exact) mass is 254 g/mol. The first-order valence-corrected chi connectivity index (χ1v) is 7.35. The van der Waals surface area contributed by atoms with E-state index in [9.17, 15) is 4.79 Å². The third-order valence-corrected chi connectivity index (χ3v) is 4.24. The summed E-state index contributed by atoms with van der Waals surface area (Å²) in [6.07, 6.45) is 7.38. The molecule has 2 rings (SSSR count). The van der Waals surface area contributed by atoms with Crippen LogP contribution in [0.5, 0.6) is 0 Å². The molecule has 0 N–H and O–H groups in total. The summed E-state index contributed by atoms with van der Waals surface area (Å²) in [5.74, 6) is -0.0478. The molecule has 4 heteroatoms. The third kappa shape index (κ3) is 3.69. The maximum Gasteiger partial charge on any atom is 0.323 e. The van der Waals surface area contributed by atoms with Crippen molar-refractivity contribution >= 4 is 5.97 Å². The first kappa shape index (κ1) is 13.8. The Labute approximate surface area is 110 Å². The largest absolute Gasteiger partial charge is 0.468 e. The van der Waals surface area contributed by atoms with Crippen LogP contribution in [0.3, 0.4) is 0 Å². The second-order valence-electron chi connectivity index (χ2n) is 5.47. The SMILES string of the molecule is COC(=O)[C@H]1CCCCN1CCN1CCCCC1. The molecule has 0 saturated carbocycles. The summed E-state index contributed by atoms with van der Waals surface area (Å²) >= 11 is 0. The van der Waals surface area contributed by atoms with Crippen LogP contribution in [0.4, 0.5) is 0 Å². The number of ether oxygens (including phenoxy) is 1. The van der Waals surface area contributed by atoms with E-state index in [4.69, 9.17) is 4.74 Å². The first-order chi connectivity index (χ1) is 8.81. The molecular formula is C14H26N2O2. The molecule has 2 aliphatic rings. The summed E-state index contributed by atoms with van der Waals surface area (Å²) in [4.78, 5) is 16.6. The third-order valence-electron chi connectivity index (χ3n) is 4.24. The Morgan fingerprint density at radius 2 is 1.78 bits per heavy atom. The van der Waals surface area contributed by atoms with Crippen LogP contribution in [0.15, 0.2) is 0 Å². The molecule has 2 saturated heterocycles. The van der Waals surface area contributed by atoms with E-state index in [1.54, 1.807) is 0 Å². The Morgan fingerprint density at radius 1 is 1.06 bits per heavy atom. The maximum absolute atomic E-state index is 11.8. The highest BCUT2D eigenvalue weighted by atomic mass is 16.5. The number of esters is 1. The van der Waals surface area contributed by atoms with Gasteiger partial charge in [-0.15, -0.1) is 0 Å². The molecule has 0 aliphatic carbocycles. The van der Waals surface area contributed by atoms with Gasteiger partial charge in [-0.1, -0.05) is 12.8 Å². The standard InChI is InChI=1S/C14H26N2O2/c1-18-14(17)13-7-3-6-10-16(13)12-11-15-8-4-2-5-9-15/h13H,2-12H2,1H3/t13-/m1/s1. The number of likely N-dealkylation sites (tertiary alicyclic amines) is 2. The van der Waals surface area contributed by atoms with E-state index in [0.717, 1.165) is 32.5 Å². The van der Waals surface area contributed by atoms with Gasteiger partial charge >= 0.3 is 5.97 Å². The zero-order valence-electron chi connectivity index (χ0n) is 11.6. The Morgan fingerprint density at radius 3 is 2.50 bits per heavy atom. The number of carbonyl (C=O) groups excluding carboxylic acids is 1. The van der Waals surface area contributed by atoms with Gasteiger partial charge in [0.05, 0.1) is 7.11 Å². The molecule has 0 amide bonds. The van der Waals surface area contributed by atoms with Gasteiger partial charge in [-0.2, -0.15) is 0 Å². The van der Waals surface area contributed by atoms with Crippen LogP contribution in [-0.4, -0.2) is 61.6 Å². The van der Waals surface area contributed by atoms with Gasteiger partial charge < -0.3 is 9.64 Å². The van der Waals surface area contributed by atoms with Gasteiger partial charge in [0.15, 0.2) is 0 Å². The average Bonchev–Trinajstić information content (AvgIpc) is 2.45. The molecule has 0 aromatic carbocycles. The molecule has 0 aromatic rings. The highest BCUT2D eigenvalue weighted by molar-refractivity contribution is 5.75. The molecule has 0 spiro atoms. The van der Waals surface area contributed by atoms with Crippen LogP contribution < -0.4 is 0 Å². The molecule has 4 nitrogen and oxygen atoms in total. The highest BCUT2D eigenvalue weighted by Crippen LogP contribution is 2.18. The molecule has 2 fully saturated rings. The van der Waals surface area contributed by atoms with Crippen LogP contribution in [-0.2, 0) is 9.53 Å². The van der Waals surface area contributed by atoms with Crippen molar-refractivity contribution in [3.63, 3.8) is 0 Å². The van der Waals surface area contributed by atoms with Gasteiger partial charge in [-0.3, -0.25) is 9.69 Å².